The Labute approximate surface area is 120 Å². The molecule has 2 aliphatic heterocycles. The van der Waals surface area contributed by atoms with Gasteiger partial charge in [-0.25, -0.2) is 12.7 Å². The topological polar surface area (TPSA) is 78.9 Å². The summed E-state index contributed by atoms with van der Waals surface area (Å²) >= 11 is 0. The first-order valence-corrected chi connectivity index (χ1v) is 7.35. The Balaban J connectivity index is 0.00000162. The SMILES string of the molecule is O=S(=O)([O-])N(C1CCOCC1)C1CCOCC1.[Li+]. The predicted octanol–water partition coefficient (Wildman–Crippen LogP) is -2.89. The van der Waals surface area contributed by atoms with Crippen LogP contribution in [0.3, 0.4) is 0 Å². The quantitative estimate of drug-likeness (QED) is 0.407. The van der Waals surface area contributed by atoms with Crippen LogP contribution in [0.4, 0.5) is 0 Å². The molecule has 100 valence electrons. The molecule has 0 aromatic heterocycles. The van der Waals surface area contributed by atoms with E-state index in [0.717, 1.165) is 4.31 Å². The van der Waals surface area contributed by atoms with Gasteiger partial charge in [0.15, 0.2) is 10.3 Å². The smallest absolute Gasteiger partial charge is 0.735 e. The summed E-state index contributed by atoms with van der Waals surface area (Å²) in [7, 11) is -4.39. The summed E-state index contributed by atoms with van der Waals surface area (Å²) in [5.74, 6) is 0. The summed E-state index contributed by atoms with van der Waals surface area (Å²) in [4.78, 5) is 0. The molecule has 0 N–H and O–H groups in total. The summed E-state index contributed by atoms with van der Waals surface area (Å²) in [5.41, 5.74) is 0. The number of hydrogen-bond acceptors (Lipinski definition) is 5. The van der Waals surface area contributed by atoms with Gasteiger partial charge in [0, 0.05) is 38.5 Å². The first kappa shape index (κ1) is 16.4. The van der Waals surface area contributed by atoms with E-state index >= 15 is 0 Å². The Kier molecular flexibility index (Phi) is 6.62. The maximum absolute atomic E-state index is 11.4. The van der Waals surface area contributed by atoms with E-state index in [0.29, 0.717) is 52.1 Å². The van der Waals surface area contributed by atoms with Crippen molar-refractivity contribution in [1.29, 1.82) is 0 Å². The van der Waals surface area contributed by atoms with Crippen molar-refractivity contribution in [2.45, 2.75) is 37.8 Å². The summed E-state index contributed by atoms with van der Waals surface area (Å²) in [6.07, 6.45) is 2.44. The molecule has 0 atom stereocenters. The van der Waals surface area contributed by atoms with Crippen LogP contribution in [0.1, 0.15) is 25.7 Å². The molecule has 8 heteroatoms. The zero-order valence-electron chi connectivity index (χ0n) is 10.7. The molecule has 2 rings (SSSR count). The minimum Gasteiger partial charge on any atom is -0.735 e. The molecule has 0 amide bonds. The van der Waals surface area contributed by atoms with Crippen LogP contribution in [0, 0.1) is 0 Å². The van der Waals surface area contributed by atoms with Crippen molar-refractivity contribution in [3.63, 3.8) is 0 Å². The van der Waals surface area contributed by atoms with Gasteiger partial charge in [0.2, 0.25) is 0 Å². The molecule has 0 radical (unpaired) electrons. The molecule has 0 bridgehead atoms. The molecule has 0 aromatic rings. The summed E-state index contributed by atoms with van der Waals surface area (Å²) in [6, 6.07) is -0.399. The summed E-state index contributed by atoms with van der Waals surface area (Å²) in [6.45, 7) is 2.11. The molecule has 2 aliphatic rings. The molecular weight excluding hydrogens is 253 g/mol. The van der Waals surface area contributed by atoms with Crippen molar-refractivity contribution in [3.05, 3.63) is 0 Å². The first-order chi connectivity index (χ1) is 8.09. The van der Waals surface area contributed by atoms with Gasteiger partial charge >= 0.3 is 18.9 Å². The Morgan fingerprint density at radius 1 is 0.889 bits per heavy atom. The van der Waals surface area contributed by atoms with E-state index in [1.807, 2.05) is 0 Å². The fourth-order valence-electron chi connectivity index (χ4n) is 2.54. The van der Waals surface area contributed by atoms with E-state index < -0.39 is 10.3 Å². The van der Waals surface area contributed by atoms with E-state index in [4.69, 9.17) is 9.47 Å². The number of hydrogen-bond donors (Lipinski definition) is 0. The van der Waals surface area contributed by atoms with Gasteiger partial charge in [0.05, 0.1) is 0 Å². The molecule has 2 heterocycles. The van der Waals surface area contributed by atoms with Crippen molar-refractivity contribution in [1.82, 2.24) is 4.31 Å². The molecule has 0 aromatic carbocycles. The van der Waals surface area contributed by atoms with Crippen LogP contribution < -0.4 is 18.9 Å². The van der Waals surface area contributed by atoms with E-state index in [-0.39, 0.29) is 30.9 Å². The molecule has 18 heavy (non-hydrogen) atoms. The van der Waals surface area contributed by atoms with Gasteiger partial charge in [0.25, 0.3) is 0 Å². The van der Waals surface area contributed by atoms with Gasteiger partial charge < -0.3 is 14.0 Å². The van der Waals surface area contributed by atoms with Crippen LogP contribution in [0.2, 0.25) is 0 Å². The third kappa shape index (κ3) is 4.20. The second kappa shape index (κ2) is 7.24. The number of nitrogens with zero attached hydrogens (tertiary/aromatic N) is 1. The standard InChI is InChI=1S/C10H19NO5S.Li/c12-17(13,14)11(9-1-5-15-6-2-9)10-3-7-16-8-4-10;/h9-10H,1-8H2,(H,12,13,14);/q;+1/p-1. The monoisotopic (exact) mass is 271 g/mol. The minimum atomic E-state index is -4.39. The summed E-state index contributed by atoms with van der Waals surface area (Å²) in [5, 5.41) is 0. The van der Waals surface area contributed by atoms with Gasteiger partial charge in [-0.15, -0.1) is 0 Å². The van der Waals surface area contributed by atoms with Crippen molar-refractivity contribution in [2.24, 2.45) is 0 Å². The van der Waals surface area contributed by atoms with E-state index in [1.165, 1.54) is 0 Å². The van der Waals surface area contributed by atoms with Gasteiger partial charge in [-0.1, -0.05) is 0 Å². The molecule has 0 spiro atoms. The van der Waals surface area contributed by atoms with Crippen molar-refractivity contribution in [3.8, 4) is 0 Å². The van der Waals surface area contributed by atoms with Crippen molar-refractivity contribution in [2.75, 3.05) is 26.4 Å². The van der Waals surface area contributed by atoms with Crippen LogP contribution in [-0.2, 0) is 19.8 Å². The molecule has 6 nitrogen and oxygen atoms in total. The Morgan fingerprint density at radius 2 is 1.22 bits per heavy atom. The zero-order valence-corrected chi connectivity index (χ0v) is 11.5. The first-order valence-electron chi connectivity index (χ1n) is 5.99. The Morgan fingerprint density at radius 3 is 1.50 bits per heavy atom. The zero-order chi connectivity index (χ0) is 12.3. The van der Waals surface area contributed by atoms with E-state index in [1.54, 1.807) is 0 Å². The van der Waals surface area contributed by atoms with Gasteiger partial charge in [-0.2, -0.15) is 0 Å². The van der Waals surface area contributed by atoms with Crippen molar-refractivity contribution < 1.29 is 41.3 Å². The van der Waals surface area contributed by atoms with Crippen LogP contribution >= 0.6 is 0 Å². The average Bonchev–Trinajstić information content (AvgIpc) is 2.30. The molecule has 0 unspecified atom stereocenters. The third-order valence-electron chi connectivity index (χ3n) is 3.36. The largest absolute Gasteiger partial charge is 1.00 e. The van der Waals surface area contributed by atoms with E-state index in [2.05, 4.69) is 0 Å². The molecule has 0 aliphatic carbocycles. The summed E-state index contributed by atoms with van der Waals surface area (Å²) < 4.78 is 45.8. The second-order valence-electron chi connectivity index (χ2n) is 4.47. The van der Waals surface area contributed by atoms with E-state index in [9.17, 15) is 13.0 Å². The average molecular weight is 271 g/mol. The fourth-order valence-corrected chi connectivity index (χ4v) is 3.69. The van der Waals surface area contributed by atoms with Crippen LogP contribution in [-0.4, -0.2) is 55.8 Å². The third-order valence-corrected chi connectivity index (χ3v) is 4.47. The molecule has 2 saturated heterocycles. The van der Waals surface area contributed by atoms with Crippen LogP contribution in [0.15, 0.2) is 0 Å². The van der Waals surface area contributed by atoms with Gasteiger partial charge in [0.1, 0.15) is 0 Å². The maximum Gasteiger partial charge on any atom is 1.00 e. The molecule has 2 fully saturated rings. The molecule has 0 saturated carbocycles. The van der Waals surface area contributed by atoms with Crippen LogP contribution in [0.5, 0.6) is 0 Å². The maximum atomic E-state index is 11.4. The second-order valence-corrected chi connectivity index (χ2v) is 5.75. The van der Waals surface area contributed by atoms with Gasteiger partial charge in [-0.3, -0.25) is 0 Å². The van der Waals surface area contributed by atoms with Gasteiger partial charge in [-0.05, 0) is 25.7 Å². The number of rotatable bonds is 3. The number of ether oxygens (including phenoxy) is 2. The minimum absolute atomic E-state index is 0. The van der Waals surface area contributed by atoms with Crippen LogP contribution in [0.25, 0.3) is 0 Å². The fraction of sp³-hybridized carbons (Fsp3) is 1.00. The normalized spacial score (nSPS) is 23.9. The predicted molar refractivity (Wildman–Crippen MR) is 59.2 cm³/mol. The Hall–Kier alpha value is 0.387. The van der Waals surface area contributed by atoms with Crippen molar-refractivity contribution >= 4 is 10.3 Å². The molecular formula is C10H18LiNO5S. The Bertz CT molecular complexity index is 320.